The Morgan fingerprint density at radius 3 is 2.65 bits per heavy atom. The SMILES string of the molecule is COc1cc2c(cc1O)CCN(CC(O)COc1ccccc1)C2C.Cl. The molecule has 2 atom stereocenters. The highest BCUT2D eigenvalue weighted by Crippen LogP contribution is 2.37. The van der Waals surface area contributed by atoms with Gasteiger partial charge in [0.05, 0.1) is 7.11 Å². The highest BCUT2D eigenvalue weighted by Gasteiger charge is 2.27. The van der Waals surface area contributed by atoms with E-state index in [-0.39, 0.29) is 30.8 Å². The number of nitrogens with zero attached hydrogens (tertiary/aromatic N) is 1. The zero-order valence-electron chi connectivity index (χ0n) is 15.1. The summed E-state index contributed by atoms with van der Waals surface area (Å²) in [6, 6.07) is 13.3. The summed E-state index contributed by atoms with van der Waals surface area (Å²) < 4.78 is 10.9. The number of methoxy groups -OCH3 is 1. The van der Waals surface area contributed by atoms with E-state index in [2.05, 4.69) is 11.8 Å². The van der Waals surface area contributed by atoms with Gasteiger partial charge in [0.1, 0.15) is 18.5 Å². The van der Waals surface area contributed by atoms with Gasteiger partial charge in [-0.3, -0.25) is 4.90 Å². The Morgan fingerprint density at radius 2 is 1.96 bits per heavy atom. The molecule has 1 aliphatic rings. The number of aliphatic hydroxyl groups is 1. The number of benzene rings is 2. The number of phenols is 1. The molecule has 0 radical (unpaired) electrons. The van der Waals surface area contributed by atoms with Crippen molar-refractivity contribution in [2.24, 2.45) is 0 Å². The third-order valence-corrected chi connectivity index (χ3v) is 4.74. The summed E-state index contributed by atoms with van der Waals surface area (Å²) in [6.07, 6.45) is 0.270. The molecule has 1 heterocycles. The second kappa shape index (κ2) is 9.12. The molecule has 3 rings (SSSR count). The van der Waals surface area contributed by atoms with Gasteiger partial charge in [-0.25, -0.2) is 0 Å². The van der Waals surface area contributed by atoms with Crippen molar-refractivity contribution in [3.8, 4) is 17.2 Å². The van der Waals surface area contributed by atoms with E-state index in [1.165, 1.54) is 0 Å². The van der Waals surface area contributed by atoms with E-state index in [1.807, 2.05) is 36.4 Å². The Hall–Kier alpha value is -1.95. The zero-order valence-corrected chi connectivity index (χ0v) is 15.9. The smallest absolute Gasteiger partial charge is 0.160 e. The van der Waals surface area contributed by atoms with Crippen molar-refractivity contribution in [2.45, 2.75) is 25.5 Å². The van der Waals surface area contributed by atoms with Gasteiger partial charge < -0.3 is 19.7 Å². The second-order valence-corrected chi connectivity index (χ2v) is 6.42. The lowest BCUT2D eigenvalue weighted by atomic mass is 9.92. The van der Waals surface area contributed by atoms with E-state index in [1.54, 1.807) is 13.2 Å². The first kappa shape index (κ1) is 20.4. The van der Waals surface area contributed by atoms with Crippen LogP contribution < -0.4 is 9.47 Å². The lowest BCUT2D eigenvalue weighted by molar-refractivity contribution is 0.0517. The average Bonchev–Trinajstić information content (AvgIpc) is 2.63. The van der Waals surface area contributed by atoms with Crippen molar-refractivity contribution in [3.05, 3.63) is 53.6 Å². The van der Waals surface area contributed by atoms with Crippen molar-refractivity contribution >= 4 is 12.4 Å². The van der Waals surface area contributed by atoms with Crippen LogP contribution in [0.15, 0.2) is 42.5 Å². The Bertz CT molecular complexity index is 710. The summed E-state index contributed by atoms with van der Waals surface area (Å²) in [5.74, 6) is 1.43. The van der Waals surface area contributed by atoms with Crippen molar-refractivity contribution in [1.82, 2.24) is 4.90 Å². The molecule has 6 heteroatoms. The number of aromatic hydroxyl groups is 1. The molecule has 0 saturated carbocycles. The number of β-amino-alcohol motifs (C(OH)–C–C–N with tert-alkyl or cyclic N) is 1. The molecular formula is C20H26ClNO4. The number of hydrogen-bond donors (Lipinski definition) is 2. The van der Waals surface area contributed by atoms with E-state index in [9.17, 15) is 10.2 Å². The number of para-hydroxylation sites is 1. The first-order valence-electron chi connectivity index (χ1n) is 8.58. The van der Waals surface area contributed by atoms with E-state index in [0.717, 1.165) is 29.8 Å². The largest absolute Gasteiger partial charge is 0.504 e. The van der Waals surface area contributed by atoms with Crippen molar-refractivity contribution < 1.29 is 19.7 Å². The van der Waals surface area contributed by atoms with Crippen LogP contribution in [0.2, 0.25) is 0 Å². The maximum absolute atomic E-state index is 10.3. The monoisotopic (exact) mass is 379 g/mol. The third kappa shape index (κ3) is 4.61. The Labute approximate surface area is 160 Å². The minimum absolute atomic E-state index is 0. The normalized spacial score (nSPS) is 17.7. The molecule has 142 valence electrons. The lowest BCUT2D eigenvalue weighted by Gasteiger charge is -2.36. The third-order valence-electron chi connectivity index (χ3n) is 4.74. The van der Waals surface area contributed by atoms with Gasteiger partial charge in [-0.15, -0.1) is 12.4 Å². The van der Waals surface area contributed by atoms with E-state index >= 15 is 0 Å². The van der Waals surface area contributed by atoms with Gasteiger partial charge in [-0.05, 0) is 48.7 Å². The predicted molar refractivity (Wildman–Crippen MR) is 104 cm³/mol. The van der Waals surface area contributed by atoms with Gasteiger partial charge in [0.2, 0.25) is 0 Å². The highest BCUT2D eigenvalue weighted by atomic mass is 35.5. The van der Waals surface area contributed by atoms with Crippen LogP contribution >= 0.6 is 12.4 Å². The molecule has 0 saturated heterocycles. The molecule has 0 fully saturated rings. The number of ether oxygens (including phenoxy) is 2. The molecule has 2 aromatic carbocycles. The van der Waals surface area contributed by atoms with Crippen LogP contribution in [0.25, 0.3) is 0 Å². The summed E-state index contributed by atoms with van der Waals surface area (Å²) in [5, 5.41) is 20.3. The molecule has 1 aliphatic heterocycles. The summed E-state index contributed by atoms with van der Waals surface area (Å²) >= 11 is 0. The molecule has 2 aromatic rings. The van der Waals surface area contributed by atoms with Crippen LogP contribution in [0.1, 0.15) is 24.1 Å². The molecule has 0 spiro atoms. The van der Waals surface area contributed by atoms with Crippen LogP contribution in [-0.2, 0) is 6.42 Å². The Morgan fingerprint density at radius 1 is 1.23 bits per heavy atom. The molecule has 26 heavy (non-hydrogen) atoms. The van der Waals surface area contributed by atoms with E-state index in [0.29, 0.717) is 12.3 Å². The summed E-state index contributed by atoms with van der Waals surface area (Å²) in [4.78, 5) is 2.23. The molecule has 0 amide bonds. The fraction of sp³-hybridized carbons (Fsp3) is 0.400. The van der Waals surface area contributed by atoms with Crippen LogP contribution in [0.5, 0.6) is 17.2 Å². The van der Waals surface area contributed by atoms with Gasteiger partial charge in [-0.1, -0.05) is 18.2 Å². The summed E-state index contributed by atoms with van der Waals surface area (Å²) in [5.41, 5.74) is 2.27. The molecule has 2 N–H and O–H groups in total. The molecule has 2 unspecified atom stereocenters. The van der Waals surface area contributed by atoms with Gasteiger partial charge in [-0.2, -0.15) is 0 Å². The maximum atomic E-state index is 10.3. The average molecular weight is 380 g/mol. The van der Waals surface area contributed by atoms with Crippen LogP contribution in [-0.4, -0.2) is 48.0 Å². The van der Waals surface area contributed by atoms with Crippen molar-refractivity contribution in [1.29, 1.82) is 0 Å². The van der Waals surface area contributed by atoms with E-state index < -0.39 is 6.10 Å². The number of fused-ring (bicyclic) bond motifs is 1. The Balaban J connectivity index is 0.00000243. The summed E-state index contributed by atoms with van der Waals surface area (Å²) in [6.45, 7) is 3.75. The fourth-order valence-electron chi connectivity index (χ4n) is 3.33. The fourth-order valence-corrected chi connectivity index (χ4v) is 3.33. The second-order valence-electron chi connectivity index (χ2n) is 6.42. The molecule has 0 bridgehead atoms. The van der Waals surface area contributed by atoms with Gasteiger partial charge in [0.15, 0.2) is 11.5 Å². The van der Waals surface area contributed by atoms with Gasteiger partial charge >= 0.3 is 0 Å². The lowest BCUT2D eigenvalue weighted by Crippen LogP contribution is -2.41. The molecular weight excluding hydrogens is 354 g/mol. The molecule has 0 aliphatic carbocycles. The highest BCUT2D eigenvalue weighted by molar-refractivity contribution is 5.85. The summed E-state index contributed by atoms with van der Waals surface area (Å²) in [7, 11) is 1.55. The van der Waals surface area contributed by atoms with Gasteiger partial charge in [0, 0.05) is 19.1 Å². The first-order chi connectivity index (χ1) is 12.1. The standard InChI is InChI=1S/C20H25NO4.ClH/c1-14-18-11-20(24-2)19(23)10-15(18)8-9-21(14)12-16(22)13-25-17-6-4-3-5-7-17;/h3-7,10-11,14,16,22-23H,8-9,12-13H2,1-2H3;1H. The number of aliphatic hydroxyl groups excluding tert-OH is 1. The Kier molecular flexibility index (Phi) is 7.14. The van der Waals surface area contributed by atoms with Gasteiger partial charge in [0.25, 0.3) is 0 Å². The molecule has 0 aromatic heterocycles. The minimum Gasteiger partial charge on any atom is -0.504 e. The van der Waals surface area contributed by atoms with Crippen LogP contribution in [0, 0.1) is 0 Å². The van der Waals surface area contributed by atoms with Crippen molar-refractivity contribution in [2.75, 3.05) is 26.8 Å². The number of phenolic OH excluding ortho intramolecular Hbond substituents is 1. The maximum Gasteiger partial charge on any atom is 0.160 e. The zero-order chi connectivity index (χ0) is 17.8. The number of rotatable bonds is 6. The van der Waals surface area contributed by atoms with E-state index in [4.69, 9.17) is 9.47 Å². The number of halogens is 1. The quantitative estimate of drug-likeness (QED) is 0.807. The topological polar surface area (TPSA) is 62.2 Å². The first-order valence-corrected chi connectivity index (χ1v) is 8.58. The van der Waals surface area contributed by atoms with Crippen molar-refractivity contribution in [3.63, 3.8) is 0 Å². The number of hydrogen-bond acceptors (Lipinski definition) is 5. The predicted octanol–water partition coefficient (Wildman–Crippen LogP) is 3.18. The minimum atomic E-state index is -0.566. The van der Waals surface area contributed by atoms with Crippen LogP contribution in [0.3, 0.4) is 0 Å². The van der Waals surface area contributed by atoms with Crippen LogP contribution in [0.4, 0.5) is 0 Å². The molecule has 5 nitrogen and oxygen atoms in total.